The van der Waals surface area contributed by atoms with E-state index in [2.05, 4.69) is 74.7 Å². The monoisotopic (exact) mass is 968 g/mol. The third-order valence-electron chi connectivity index (χ3n) is 13.9. The van der Waals surface area contributed by atoms with Crippen LogP contribution in [0.25, 0.3) is 0 Å². The van der Waals surface area contributed by atoms with Gasteiger partial charge < -0.3 is 20.3 Å². The zero-order valence-electron chi connectivity index (χ0n) is 46.2. The predicted molar refractivity (Wildman–Crippen MR) is 301 cm³/mol. The minimum Gasteiger partial charge on any atom is -0.462 e. The van der Waals surface area contributed by atoms with Gasteiger partial charge in [-0.25, -0.2) is 0 Å². The molecule has 1 amide bonds. The topological polar surface area (TPSA) is 95.9 Å². The molecule has 0 saturated carbocycles. The maximum Gasteiger partial charge on any atom is 0.306 e. The van der Waals surface area contributed by atoms with Gasteiger partial charge >= 0.3 is 5.97 Å². The van der Waals surface area contributed by atoms with E-state index >= 15 is 0 Å². The summed E-state index contributed by atoms with van der Waals surface area (Å²) in [7, 11) is 0. The molecule has 0 heterocycles. The van der Waals surface area contributed by atoms with Crippen LogP contribution in [0.5, 0.6) is 0 Å². The van der Waals surface area contributed by atoms with Crippen LogP contribution in [0.1, 0.15) is 316 Å². The fraction of sp³-hybridized carbons (Fsp3) is 0.841. The zero-order valence-corrected chi connectivity index (χ0v) is 46.2. The Hall–Kier alpha value is -2.18. The van der Waals surface area contributed by atoms with E-state index in [1.54, 1.807) is 0 Å². The summed E-state index contributed by atoms with van der Waals surface area (Å²) >= 11 is 0. The molecule has 3 N–H and O–H groups in total. The summed E-state index contributed by atoms with van der Waals surface area (Å²) in [5.74, 6) is -0.477. The highest BCUT2D eigenvalue weighted by Crippen LogP contribution is 2.19. The Morgan fingerprint density at radius 3 is 1.13 bits per heavy atom. The third kappa shape index (κ3) is 52.0. The highest BCUT2D eigenvalue weighted by molar-refractivity contribution is 5.77. The third-order valence-corrected chi connectivity index (χ3v) is 13.9. The van der Waals surface area contributed by atoms with Crippen molar-refractivity contribution >= 4 is 11.9 Å². The van der Waals surface area contributed by atoms with Crippen LogP contribution in [0.2, 0.25) is 0 Å². The van der Waals surface area contributed by atoms with Crippen molar-refractivity contribution in [3.63, 3.8) is 0 Å². The van der Waals surface area contributed by atoms with Gasteiger partial charge in [0.1, 0.15) is 6.10 Å². The second-order valence-electron chi connectivity index (χ2n) is 20.7. The van der Waals surface area contributed by atoms with Crippen molar-refractivity contribution in [3.05, 3.63) is 48.6 Å². The van der Waals surface area contributed by atoms with E-state index in [-0.39, 0.29) is 24.9 Å². The standard InChI is InChI=1S/C63H117NO5/c1-4-7-10-13-16-19-22-25-28-31-33-36-39-42-45-48-51-54-59(69-63(68)56-53-50-47-44-41-38-35-32-29-26-23-20-17-14-11-8-5-2)57-62(67)64-60(58-65)61(66)55-52-49-46-43-40-37-34-30-27-24-21-18-15-12-9-6-3/h16-17,19-20,25-26,28-29,59-61,65-66H,4-15,18,21-24,27,30-58H2,1-3H3,(H,64,67)/b19-16-,20-17-,28-25-,29-26-. The van der Waals surface area contributed by atoms with Gasteiger partial charge in [-0.15, -0.1) is 0 Å². The molecule has 0 spiro atoms. The zero-order chi connectivity index (χ0) is 50.2. The van der Waals surface area contributed by atoms with Crippen LogP contribution in [0.15, 0.2) is 48.6 Å². The molecule has 0 aromatic heterocycles. The van der Waals surface area contributed by atoms with Crippen LogP contribution in [0, 0.1) is 0 Å². The van der Waals surface area contributed by atoms with E-state index < -0.39 is 18.2 Å². The van der Waals surface area contributed by atoms with Crippen LogP contribution in [0.3, 0.4) is 0 Å². The Kier molecular flexibility index (Phi) is 54.9. The van der Waals surface area contributed by atoms with Gasteiger partial charge in [-0.2, -0.15) is 0 Å². The molecule has 0 aliphatic carbocycles. The first-order chi connectivity index (χ1) is 34.0. The van der Waals surface area contributed by atoms with E-state index in [1.807, 2.05) is 0 Å². The summed E-state index contributed by atoms with van der Waals surface area (Å²) < 4.78 is 5.97. The first-order valence-corrected chi connectivity index (χ1v) is 30.4. The van der Waals surface area contributed by atoms with Crippen LogP contribution in [0.4, 0.5) is 0 Å². The van der Waals surface area contributed by atoms with Crippen molar-refractivity contribution in [2.75, 3.05) is 6.61 Å². The molecule has 6 nitrogen and oxygen atoms in total. The van der Waals surface area contributed by atoms with E-state index in [0.717, 1.165) is 77.0 Å². The summed E-state index contributed by atoms with van der Waals surface area (Å²) in [6, 6.07) is -0.707. The number of carbonyl (C=O) groups excluding carboxylic acids is 2. The van der Waals surface area contributed by atoms with E-state index in [4.69, 9.17) is 4.74 Å². The molecule has 0 bridgehead atoms. The number of unbranched alkanes of at least 4 members (excludes halogenated alkanes) is 35. The SMILES string of the molecule is CCCCC/C=C\C/C=C\CCCCCCCCCC(=O)OC(CCCCCCCCC/C=C\C/C=C\CCCCC)CC(=O)NC(CO)C(O)CCCCCCCCCCCCCCCCCC. The van der Waals surface area contributed by atoms with Crippen molar-refractivity contribution in [1.82, 2.24) is 5.32 Å². The van der Waals surface area contributed by atoms with E-state index in [9.17, 15) is 19.8 Å². The number of rotatable bonds is 55. The molecule has 0 fully saturated rings. The fourth-order valence-electron chi connectivity index (χ4n) is 9.26. The number of allylic oxidation sites excluding steroid dienone is 8. The van der Waals surface area contributed by atoms with Crippen molar-refractivity contribution in [2.24, 2.45) is 0 Å². The van der Waals surface area contributed by atoms with Crippen molar-refractivity contribution in [2.45, 2.75) is 334 Å². The molecule has 3 unspecified atom stereocenters. The molecule has 3 atom stereocenters. The molecular weight excluding hydrogens is 851 g/mol. The number of esters is 1. The van der Waals surface area contributed by atoms with Crippen LogP contribution < -0.4 is 5.32 Å². The number of nitrogens with one attached hydrogen (secondary N) is 1. The number of amides is 1. The molecule has 0 aliphatic heterocycles. The van der Waals surface area contributed by atoms with Gasteiger partial charge in [0.15, 0.2) is 0 Å². The van der Waals surface area contributed by atoms with Crippen LogP contribution in [-0.2, 0) is 14.3 Å². The van der Waals surface area contributed by atoms with E-state index in [1.165, 1.54) is 193 Å². The highest BCUT2D eigenvalue weighted by atomic mass is 16.5. The van der Waals surface area contributed by atoms with Crippen molar-refractivity contribution < 1.29 is 24.5 Å². The Morgan fingerprint density at radius 2 is 0.739 bits per heavy atom. The first-order valence-electron chi connectivity index (χ1n) is 30.4. The van der Waals surface area contributed by atoms with Gasteiger partial charge in [-0.05, 0) is 89.9 Å². The van der Waals surface area contributed by atoms with Gasteiger partial charge in [-0.1, -0.05) is 262 Å². The number of carbonyl (C=O) groups is 2. The summed E-state index contributed by atoms with van der Waals surface area (Å²) in [6.07, 6.45) is 70.3. The van der Waals surface area contributed by atoms with Crippen LogP contribution in [-0.4, -0.2) is 46.9 Å². The molecule has 0 rings (SSSR count). The number of ether oxygens (including phenoxy) is 1. The summed E-state index contributed by atoms with van der Waals surface area (Å²) in [5, 5.41) is 23.9. The smallest absolute Gasteiger partial charge is 0.306 e. The molecule has 404 valence electrons. The number of hydrogen-bond acceptors (Lipinski definition) is 5. The lowest BCUT2D eigenvalue weighted by atomic mass is 10.0. The summed E-state index contributed by atoms with van der Waals surface area (Å²) in [4.78, 5) is 26.3. The first kappa shape index (κ1) is 66.8. The predicted octanol–water partition coefficient (Wildman–Crippen LogP) is 19.0. The Bertz CT molecular complexity index is 1180. The minimum atomic E-state index is -0.793. The van der Waals surface area contributed by atoms with Gasteiger partial charge in [0, 0.05) is 6.42 Å². The van der Waals surface area contributed by atoms with Crippen molar-refractivity contribution in [3.8, 4) is 0 Å². The number of aliphatic hydroxyl groups is 2. The molecule has 0 aliphatic rings. The Labute approximate surface area is 429 Å². The quantitative estimate of drug-likeness (QED) is 0.0321. The fourth-order valence-corrected chi connectivity index (χ4v) is 9.26. The second-order valence-corrected chi connectivity index (χ2v) is 20.7. The largest absolute Gasteiger partial charge is 0.462 e. The number of aliphatic hydroxyl groups excluding tert-OH is 2. The average molecular weight is 969 g/mol. The summed E-state index contributed by atoms with van der Waals surface area (Å²) in [5.41, 5.74) is 0. The molecule has 0 radical (unpaired) electrons. The lowest BCUT2D eigenvalue weighted by Gasteiger charge is -2.24. The molecule has 69 heavy (non-hydrogen) atoms. The van der Waals surface area contributed by atoms with Gasteiger partial charge in [0.25, 0.3) is 0 Å². The van der Waals surface area contributed by atoms with E-state index in [0.29, 0.717) is 19.3 Å². The van der Waals surface area contributed by atoms with Crippen molar-refractivity contribution in [1.29, 1.82) is 0 Å². The molecular formula is C63H117NO5. The molecule has 6 heteroatoms. The lowest BCUT2D eigenvalue weighted by molar-refractivity contribution is -0.151. The maximum absolute atomic E-state index is 13.3. The average Bonchev–Trinajstić information content (AvgIpc) is 3.34. The highest BCUT2D eigenvalue weighted by Gasteiger charge is 2.24. The summed E-state index contributed by atoms with van der Waals surface area (Å²) in [6.45, 7) is 6.47. The van der Waals surface area contributed by atoms with Crippen LogP contribution >= 0.6 is 0 Å². The Morgan fingerprint density at radius 1 is 0.420 bits per heavy atom. The molecule has 0 aromatic carbocycles. The van der Waals surface area contributed by atoms with Gasteiger partial charge in [0.05, 0.1) is 25.2 Å². The number of hydrogen-bond donors (Lipinski definition) is 3. The second kappa shape index (κ2) is 56.7. The molecule has 0 saturated heterocycles. The normalized spacial score (nSPS) is 13.4. The maximum atomic E-state index is 13.3. The minimum absolute atomic E-state index is 0.0705. The molecule has 0 aromatic rings. The lowest BCUT2D eigenvalue weighted by Crippen LogP contribution is -2.46. The Balaban J connectivity index is 4.56. The van der Waals surface area contributed by atoms with Gasteiger partial charge in [0.2, 0.25) is 5.91 Å². The van der Waals surface area contributed by atoms with Gasteiger partial charge in [-0.3, -0.25) is 9.59 Å².